The molecule has 90 valence electrons. The Labute approximate surface area is 103 Å². The van der Waals surface area contributed by atoms with Crippen LogP contribution in [0.25, 0.3) is 0 Å². The van der Waals surface area contributed by atoms with Crippen LogP contribution in [-0.4, -0.2) is 41.7 Å². The summed E-state index contributed by atoms with van der Waals surface area (Å²) in [6.45, 7) is 3.46. The number of hydrogen-bond acceptors (Lipinski definition) is 3. The molecule has 0 saturated carbocycles. The highest BCUT2D eigenvalue weighted by molar-refractivity contribution is 6.45. The van der Waals surface area contributed by atoms with Crippen molar-refractivity contribution in [1.29, 1.82) is 0 Å². The van der Waals surface area contributed by atoms with Crippen molar-refractivity contribution >= 4 is 7.05 Å². The van der Waals surface area contributed by atoms with E-state index in [0.717, 1.165) is 26.0 Å². The fourth-order valence-electron chi connectivity index (χ4n) is 3.19. The lowest BCUT2D eigenvalue weighted by molar-refractivity contribution is -0.0286. The summed E-state index contributed by atoms with van der Waals surface area (Å²) in [6, 6.07) is 10.9. The Morgan fingerprint density at radius 3 is 2.88 bits per heavy atom. The minimum Gasteiger partial charge on any atom is -0.437 e. The quantitative estimate of drug-likeness (QED) is 0.793. The van der Waals surface area contributed by atoms with Crippen molar-refractivity contribution in [1.82, 2.24) is 4.81 Å². The second-order valence-electron chi connectivity index (χ2n) is 5.32. The third kappa shape index (κ3) is 2.01. The number of fused-ring (bicyclic) bond motifs is 2. The Bertz CT molecular complexity index is 398. The molecule has 0 amide bonds. The number of nitrogens with zero attached hydrogens (tertiary/aromatic N) is 1. The van der Waals surface area contributed by atoms with Crippen molar-refractivity contribution in [3.05, 3.63) is 35.9 Å². The molecule has 2 saturated heterocycles. The van der Waals surface area contributed by atoms with Crippen molar-refractivity contribution in [2.24, 2.45) is 0 Å². The Hall–Kier alpha value is -0.835. The largest absolute Gasteiger partial charge is 0.437 e. The molecule has 1 aromatic rings. The van der Waals surface area contributed by atoms with Gasteiger partial charge in [-0.05, 0) is 18.8 Å². The van der Waals surface area contributed by atoms with Crippen molar-refractivity contribution in [2.75, 3.05) is 13.2 Å². The molecule has 2 fully saturated rings. The van der Waals surface area contributed by atoms with Gasteiger partial charge in [0.2, 0.25) is 0 Å². The van der Waals surface area contributed by atoms with Gasteiger partial charge in [0.05, 0.1) is 12.2 Å². The highest BCUT2D eigenvalue weighted by Gasteiger charge is 2.52. The molecule has 0 radical (unpaired) electrons. The molecule has 4 heteroatoms. The van der Waals surface area contributed by atoms with Crippen molar-refractivity contribution in [3.63, 3.8) is 0 Å². The van der Waals surface area contributed by atoms with E-state index in [0.29, 0.717) is 6.04 Å². The van der Waals surface area contributed by atoms with Crippen LogP contribution >= 0.6 is 0 Å². The van der Waals surface area contributed by atoms with Gasteiger partial charge in [0.15, 0.2) is 0 Å². The summed E-state index contributed by atoms with van der Waals surface area (Å²) in [5, 5.41) is 9.73. The van der Waals surface area contributed by atoms with Gasteiger partial charge in [0.25, 0.3) is 0 Å². The topological polar surface area (TPSA) is 32.7 Å². The van der Waals surface area contributed by atoms with Crippen LogP contribution in [0.3, 0.4) is 0 Å². The van der Waals surface area contributed by atoms with Crippen LogP contribution in [0.1, 0.15) is 12.0 Å². The summed E-state index contributed by atoms with van der Waals surface area (Å²) in [5.74, 6) is 0. The molecule has 1 N–H and O–H groups in total. The Balaban J connectivity index is 1.76. The van der Waals surface area contributed by atoms with E-state index in [9.17, 15) is 5.02 Å². The third-order valence-corrected chi connectivity index (χ3v) is 3.98. The smallest absolute Gasteiger partial charge is 0.376 e. The Kier molecular flexibility index (Phi) is 2.73. The molecule has 0 aromatic heterocycles. The van der Waals surface area contributed by atoms with E-state index in [1.54, 1.807) is 0 Å². The molecule has 0 aliphatic carbocycles. The standard InChI is InChI=1S/C13H18BNO2/c1-14(16)15-10-13(8-12(15)9-17-13)7-11-5-3-2-4-6-11/h2-6,12,16H,7-10H2,1H3/t12?,13-/m0/s1. The predicted molar refractivity (Wildman–Crippen MR) is 67.8 cm³/mol. The highest BCUT2D eigenvalue weighted by atomic mass is 16.5. The number of rotatable bonds is 3. The maximum Gasteiger partial charge on any atom is 0.376 e. The monoisotopic (exact) mass is 231 g/mol. The first kappa shape index (κ1) is 11.3. The highest BCUT2D eigenvalue weighted by Crippen LogP contribution is 2.39. The molecule has 0 spiro atoms. The molecule has 3 nitrogen and oxygen atoms in total. The minimum atomic E-state index is -0.360. The normalized spacial score (nSPS) is 32.0. The van der Waals surface area contributed by atoms with E-state index in [2.05, 4.69) is 29.1 Å². The first-order valence-electron chi connectivity index (χ1n) is 6.30. The van der Waals surface area contributed by atoms with Crippen LogP contribution in [-0.2, 0) is 11.2 Å². The first-order chi connectivity index (χ1) is 8.19. The van der Waals surface area contributed by atoms with Crippen LogP contribution in [0.2, 0.25) is 6.82 Å². The predicted octanol–water partition coefficient (Wildman–Crippen LogP) is 1.18. The van der Waals surface area contributed by atoms with Crippen molar-refractivity contribution < 1.29 is 9.76 Å². The van der Waals surface area contributed by atoms with E-state index in [4.69, 9.17) is 4.74 Å². The Morgan fingerprint density at radius 2 is 2.24 bits per heavy atom. The molecule has 2 heterocycles. The number of hydrogen-bond donors (Lipinski definition) is 1. The Morgan fingerprint density at radius 1 is 1.47 bits per heavy atom. The van der Waals surface area contributed by atoms with E-state index in [1.165, 1.54) is 5.56 Å². The van der Waals surface area contributed by atoms with Gasteiger partial charge in [-0.1, -0.05) is 30.3 Å². The minimum absolute atomic E-state index is 0.0665. The van der Waals surface area contributed by atoms with E-state index in [1.807, 2.05) is 12.9 Å². The number of ether oxygens (including phenoxy) is 1. The van der Waals surface area contributed by atoms with E-state index < -0.39 is 0 Å². The lowest BCUT2D eigenvalue weighted by Crippen LogP contribution is -2.49. The van der Waals surface area contributed by atoms with Gasteiger partial charge in [-0.25, -0.2) is 0 Å². The lowest BCUT2D eigenvalue weighted by atomic mass is 9.84. The summed E-state index contributed by atoms with van der Waals surface area (Å²) in [5.41, 5.74) is 1.25. The summed E-state index contributed by atoms with van der Waals surface area (Å²) in [7, 11) is -0.360. The molecule has 1 aromatic carbocycles. The molecule has 2 bridgehead atoms. The van der Waals surface area contributed by atoms with Crippen LogP contribution in [0.15, 0.2) is 30.3 Å². The zero-order valence-corrected chi connectivity index (χ0v) is 10.2. The fraction of sp³-hybridized carbons (Fsp3) is 0.538. The van der Waals surface area contributed by atoms with Gasteiger partial charge >= 0.3 is 7.05 Å². The summed E-state index contributed by atoms with van der Waals surface area (Å²) in [6.07, 6.45) is 2.00. The van der Waals surface area contributed by atoms with Crippen LogP contribution < -0.4 is 0 Å². The van der Waals surface area contributed by atoms with Crippen LogP contribution in [0.4, 0.5) is 0 Å². The summed E-state index contributed by atoms with van der Waals surface area (Å²) >= 11 is 0. The van der Waals surface area contributed by atoms with Crippen molar-refractivity contribution in [2.45, 2.75) is 31.3 Å². The lowest BCUT2D eigenvalue weighted by Gasteiger charge is -2.33. The molecular formula is C13H18BNO2. The molecule has 2 aliphatic rings. The molecule has 17 heavy (non-hydrogen) atoms. The van der Waals surface area contributed by atoms with Crippen LogP contribution in [0, 0.1) is 0 Å². The second kappa shape index (κ2) is 4.12. The second-order valence-corrected chi connectivity index (χ2v) is 5.32. The summed E-state index contributed by atoms with van der Waals surface area (Å²) < 4.78 is 5.97. The van der Waals surface area contributed by atoms with Gasteiger partial charge in [-0.3, -0.25) is 0 Å². The molecule has 3 rings (SSSR count). The van der Waals surface area contributed by atoms with Gasteiger partial charge in [-0.15, -0.1) is 0 Å². The SMILES string of the molecule is CB(O)N1C[C@]2(Cc3ccccc3)CC1CO2. The number of benzene rings is 1. The maximum atomic E-state index is 9.73. The maximum absolute atomic E-state index is 9.73. The molecule has 2 aliphatic heterocycles. The zero-order valence-electron chi connectivity index (χ0n) is 10.2. The molecule has 2 atom stereocenters. The fourth-order valence-corrected chi connectivity index (χ4v) is 3.19. The first-order valence-corrected chi connectivity index (χ1v) is 6.30. The van der Waals surface area contributed by atoms with Gasteiger partial charge in [0, 0.05) is 19.0 Å². The average Bonchev–Trinajstić information content (AvgIpc) is 2.87. The third-order valence-electron chi connectivity index (χ3n) is 3.98. The average molecular weight is 231 g/mol. The van der Waals surface area contributed by atoms with Gasteiger partial charge in [-0.2, -0.15) is 0 Å². The number of morpholine rings is 1. The summed E-state index contributed by atoms with van der Waals surface area (Å²) in [4.78, 5) is 2.16. The van der Waals surface area contributed by atoms with Gasteiger partial charge < -0.3 is 14.6 Å². The zero-order chi connectivity index (χ0) is 11.9. The van der Waals surface area contributed by atoms with E-state index in [-0.39, 0.29) is 12.7 Å². The molecule has 1 unspecified atom stereocenters. The van der Waals surface area contributed by atoms with Crippen molar-refractivity contribution in [3.8, 4) is 0 Å². The van der Waals surface area contributed by atoms with E-state index >= 15 is 0 Å². The van der Waals surface area contributed by atoms with Crippen LogP contribution in [0.5, 0.6) is 0 Å². The van der Waals surface area contributed by atoms with Gasteiger partial charge in [0.1, 0.15) is 0 Å². The molecular weight excluding hydrogens is 213 g/mol.